The van der Waals surface area contributed by atoms with Crippen LogP contribution in [0.4, 0.5) is 0 Å². The van der Waals surface area contributed by atoms with E-state index in [1.54, 1.807) is 13.8 Å². The first-order valence-electron chi connectivity index (χ1n) is 7.62. The number of carbonyl (C=O) groups is 2. The highest BCUT2D eigenvalue weighted by Crippen LogP contribution is 2.58. The minimum absolute atomic E-state index is 0.00996. The topological polar surface area (TPSA) is 59.8 Å². The summed E-state index contributed by atoms with van der Waals surface area (Å²) in [6, 6.07) is 0. The summed E-state index contributed by atoms with van der Waals surface area (Å²) in [5.74, 6) is 0.301. The molecule has 0 atom stereocenters. The van der Waals surface area contributed by atoms with Crippen molar-refractivity contribution in [3.8, 4) is 0 Å². The molecule has 5 nitrogen and oxygen atoms in total. The summed E-state index contributed by atoms with van der Waals surface area (Å²) in [4.78, 5) is 26.8. The third kappa shape index (κ3) is 2.16. The second-order valence-electron chi connectivity index (χ2n) is 6.37. The average Bonchev–Trinajstić information content (AvgIpc) is 3.12. The van der Waals surface area contributed by atoms with Crippen molar-refractivity contribution in [1.82, 2.24) is 4.90 Å². The van der Waals surface area contributed by atoms with Crippen molar-refractivity contribution >= 4 is 11.8 Å². The summed E-state index contributed by atoms with van der Waals surface area (Å²) >= 11 is 0. The molecule has 1 aromatic rings. The zero-order valence-electron chi connectivity index (χ0n) is 13.5. The fraction of sp³-hybridized carbons (Fsp3) is 0.529. The lowest BCUT2D eigenvalue weighted by Gasteiger charge is -2.24. The number of hydrogen-bond donors (Lipinski definition) is 0. The predicted octanol–water partition coefficient (Wildman–Crippen LogP) is 2.73. The van der Waals surface area contributed by atoms with Crippen molar-refractivity contribution in [1.29, 1.82) is 0 Å². The van der Waals surface area contributed by atoms with Gasteiger partial charge in [0.05, 0.1) is 12.2 Å². The van der Waals surface area contributed by atoms with Crippen LogP contribution in [0.2, 0.25) is 0 Å². The van der Waals surface area contributed by atoms with Crippen molar-refractivity contribution in [2.75, 3.05) is 20.7 Å². The molecule has 1 fully saturated rings. The number of furan rings is 1. The van der Waals surface area contributed by atoms with Crippen molar-refractivity contribution in [2.24, 2.45) is 5.41 Å². The highest BCUT2D eigenvalue weighted by Gasteiger charge is 2.54. The van der Waals surface area contributed by atoms with Crippen molar-refractivity contribution in [2.45, 2.75) is 33.1 Å². The van der Waals surface area contributed by atoms with Gasteiger partial charge in [0, 0.05) is 43.3 Å². The van der Waals surface area contributed by atoms with Crippen LogP contribution in [0.3, 0.4) is 0 Å². The summed E-state index contributed by atoms with van der Waals surface area (Å²) in [7, 11) is 3.83. The van der Waals surface area contributed by atoms with E-state index in [-0.39, 0.29) is 23.6 Å². The first-order valence-corrected chi connectivity index (χ1v) is 7.62. The van der Waals surface area contributed by atoms with E-state index >= 15 is 0 Å². The Morgan fingerprint density at radius 1 is 1.41 bits per heavy atom. The summed E-state index contributed by atoms with van der Waals surface area (Å²) in [5, 5.41) is 0. The molecule has 2 aliphatic carbocycles. The molecular weight excluding hydrogens is 282 g/mol. The second-order valence-corrected chi connectivity index (χ2v) is 6.37. The summed E-state index contributed by atoms with van der Waals surface area (Å²) in [6.45, 7) is 3.79. The average molecular weight is 303 g/mol. The Hall–Kier alpha value is -2.04. The maximum atomic E-state index is 12.9. The number of ether oxygens (including phenoxy) is 1. The molecule has 0 aliphatic heterocycles. The van der Waals surface area contributed by atoms with Crippen molar-refractivity contribution < 1.29 is 18.7 Å². The maximum absolute atomic E-state index is 12.9. The van der Waals surface area contributed by atoms with Gasteiger partial charge in [0.2, 0.25) is 5.76 Å². The van der Waals surface area contributed by atoms with Crippen LogP contribution in [0.25, 0.3) is 0 Å². The lowest BCUT2D eigenvalue weighted by molar-refractivity contribution is 0.0486. The number of ketones is 1. The SMILES string of the molecule is CCOC(=O)c1oc2c(c1C)C(=O)C(=CN(C)C)C1(CC1)C2. The van der Waals surface area contributed by atoms with Crippen molar-refractivity contribution in [3.63, 3.8) is 0 Å². The van der Waals surface area contributed by atoms with Gasteiger partial charge < -0.3 is 14.1 Å². The highest BCUT2D eigenvalue weighted by molar-refractivity contribution is 6.13. The molecule has 2 aliphatic rings. The van der Waals surface area contributed by atoms with E-state index in [1.165, 1.54) is 0 Å². The summed E-state index contributed by atoms with van der Waals surface area (Å²) in [5.41, 5.74) is 1.89. The number of rotatable bonds is 3. The Balaban J connectivity index is 2.07. The number of carbonyl (C=O) groups excluding carboxylic acids is 2. The number of esters is 1. The van der Waals surface area contributed by atoms with Gasteiger partial charge in [0.25, 0.3) is 0 Å². The first-order chi connectivity index (χ1) is 10.4. The third-order valence-electron chi connectivity index (χ3n) is 4.46. The number of fused-ring (bicyclic) bond motifs is 1. The van der Waals surface area contributed by atoms with E-state index < -0.39 is 5.97 Å². The van der Waals surface area contributed by atoms with Crippen LogP contribution in [0.5, 0.6) is 0 Å². The fourth-order valence-electron chi connectivity index (χ4n) is 3.22. The van der Waals surface area contributed by atoms with Crippen LogP contribution in [0.1, 0.15) is 52.0 Å². The van der Waals surface area contributed by atoms with E-state index in [2.05, 4.69) is 0 Å². The molecule has 5 heteroatoms. The van der Waals surface area contributed by atoms with Gasteiger partial charge in [-0.3, -0.25) is 4.79 Å². The summed E-state index contributed by atoms with van der Waals surface area (Å²) in [6.07, 6.45) is 4.58. The second kappa shape index (κ2) is 5.00. The number of nitrogens with zero attached hydrogens (tertiary/aromatic N) is 1. The molecule has 1 saturated carbocycles. The Morgan fingerprint density at radius 2 is 2.09 bits per heavy atom. The fourth-order valence-corrected chi connectivity index (χ4v) is 3.22. The van der Waals surface area contributed by atoms with E-state index in [1.807, 2.05) is 25.2 Å². The smallest absolute Gasteiger partial charge is 0.374 e. The predicted molar refractivity (Wildman–Crippen MR) is 80.9 cm³/mol. The number of Topliss-reactive ketones (excluding diaryl/α,β-unsaturated/α-hetero) is 1. The van der Waals surface area contributed by atoms with E-state index in [4.69, 9.17) is 9.15 Å². The highest BCUT2D eigenvalue weighted by atomic mass is 16.5. The van der Waals surface area contributed by atoms with Gasteiger partial charge in [0.15, 0.2) is 5.78 Å². The molecule has 0 saturated heterocycles. The van der Waals surface area contributed by atoms with Crippen LogP contribution in [0.15, 0.2) is 16.2 Å². The zero-order valence-corrected chi connectivity index (χ0v) is 13.5. The normalized spacial score (nSPS) is 20.2. The van der Waals surface area contributed by atoms with Crippen LogP contribution in [0, 0.1) is 12.3 Å². The van der Waals surface area contributed by atoms with Crippen LogP contribution >= 0.6 is 0 Å². The Labute approximate surface area is 129 Å². The molecule has 0 aromatic carbocycles. The van der Waals surface area contributed by atoms with Gasteiger partial charge in [-0.2, -0.15) is 0 Å². The third-order valence-corrected chi connectivity index (χ3v) is 4.46. The molecule has 0 N–H and O–H groups in total. The van der Waals surface area contributed by atoms with Crippen LogP contribution < -0.4 is 0 Å². The molecule has 1 heterocycles. The molecule has 0 bridgehead atoms. The maximum Gasteiger partial charge on any atom is 0.374 e. The first kappa shape index (κ1) is 14.9. The molecule has 0 unspecified atom stereocenters. The molecule has 0 amide bonds. The quantitative estimate of drug-likeness (QED) is 0.635. The van der Waals surface area contributed by atoms with Crippen LogP contribution in [-0.2, 0) is 11.2 Å². The van der Waals surface area contributed by atoms with Gasteiger partial charge in [-0.05, 0) is 26.7 Å². The van der Waals surface area contributed by atoms with Gasteiger partial charge in [-0.1, -0.05) is 0 Å². The van der Waals surface area contributed by atoms with Crippen molar-refractivity contribution in [3.05, 3.63) is 34.4 Å². The largest absolute Gasteiger partial charge is 0.460 e. The van der Waals surface area contributed by atoms with Gasteiger partial charge in [0.1, 0.15) is 5.76 Å². The van der Waals surface area contributed by atoms with E-state index in [9.17, 15) is 9.59 Å². The van der Waals surface area contributed by atoms with E-state index in [0.29, 0.717) is 23.3 Å². The molecule has 1 aromatic heterocycles. The minimum atomic E-state index is -0.495. The Morgan fingerprint density at radius 3 is 2.64 bits per heavy atom. The minimum Gasteiger partial charge on any atom is -0.460 e. The van der Waals surface area contributed by atoms with Gasteiger partial charge in [-0.15, -0.1) is 0 Å². The monoisotopic (exact) mass is 303 g/mol. The lowest BCUT2D eigenvalue weighted by atomic mass is 9.79. The molecule has 1 spiro atoms. The summed E-state index contributed by atoms with van der Waals surface area (Å²) < 4.78 is 10.7. The van der Waals surface area contributed by atoms with E-state index in [0.717, 1.165) is 18.4 Å². The number of allylic oxidation sites excluding steroid dienone is 1. The molecular formula is C17H21NO4. The standard InChI is InChI=1S/C17H21NO4/c1-5-21-16(20)15-10(2)13-12(22-15)8-17(6-7-17)11(14(13)19)9-18(3)4/h9H,5-8H2,1-4H3. The Bertz CT molecular complexity index is 677. The molecule has 0 radical (unpaired) electrons. The molecule has 22 heavy (non-hydrogen) atoms. The van der Waals surface area contributed by atoms with Crippen LogP contribution in [-0.4, -0.2) is 37.4 Å². The van der Waals surface area contributed by atoms with Gasteiger partial charge in [-0.25, -0.2) is 4.79 Å². The lowest BCUT2D eigenvalue weighted by Crippen LogP contribution is -2.26. The molecule has 3 rings (SSSR count). The number of hydrogen-bond acceptors (Lipinski definition) is 5. The molecule has 118 valence electrons. The zero-order chi connectivity index (χ0) is 16.1. The van der Waals surface area contributed by atoms with Gasteiger partial charge >= 0.3 is 5.97 Å². The Kier molecular flexibility index (Phi) is 3.38.